The number of benzene rings is 2. The molecule has 1 aliphatic rings. The van der Waals surface area contributed by atoms with Crippen LogP contribution in [0.1, 0.15) is 81.5 Å². The van der Waals surface area contributed by atoms with Crippen LogP contribution in [0.15, 0.2) is 54.6 Å². The lowest BCUT2D eigenvalue weighted by atomic mass is 9.89. The molecule has 1 aliphatic heterocycles. The van der Waals surface area contributed by atoms with E-state index in [1.807, 2.05) is 62.9 Å². The maximum Gasteiger partial charge on any atom is 0.407 e. The molecule has 230 valence electrons. The third-order valence-corrected chi connectivity index (χ3v) is 7.75. The van der Waals surface area contributed by atoms with Gasteiger partial charge in [-0.25, -0.2) is 9.59 Å². The lowest BCUT2D eigenvalue weighted by Crippen LogP contribution is -2.41. The van der Waals surface area contributed by atoms with Crippen LogP contribution in [0, 0.1) is 12.8 Å². The molecule has 3 aromatic rings. The summed E-state index contributed by atoms with van der Waals surface area (Å²) in [6.45, 7) is 13.7. The van der Waals surface area contributed by atoms with Crippen LogP contribution in [-0.4, -0.2) is 40.6 Å². The Hall–Kier alpha value is -3.91. The molecule has 43 heavy (non-hydrogen) atoms. The number of rotatable bonds is 8. The number of alkyl carbamates (subject to hydrolysis) is 1. The molecule has 8 heteroatoms. The third kappa shape index (κ3) is 8.57. The maximum absolute atomic E-state index is 13.7. The van der Waals surface area contributed by atoms with Crippen LogP contribution in [-0.2, 0) is 24.3 Å². The van der Waals surface area contributed by atoms with Crippen molar-refractivity contribution in [3.8, 4) is 11.1 Å². The predicted molar refractivity (Wildman–Crippen MR) is 173 cm³/mol. The highest BCUT2D eigenvalue weighted by atomic mass is 16.5. The summed E-state index contributed by atoms with van der Waals surface area (Å²) in [4.78, 5) is 33.3. The number of nitrogens with one attached hydrogen (secondary N) is 2. The first-order valence-corrected chi connectivity index (χ1v) is 15.3. The maximum atomic E-state index is 13.7. The monoisotopic (exact) mass is 585 g/mol. The summed E-state index contributed by atoms with van der Waals surface area (Å²) in [6, 6.07) is 18.4. The minimum atomic E-state index is -0.500. The van der Waals surface area contributed by atoms with Crippen molar-refractivity contribution in [2.45, 2.75) is 85.4 Å². The van der Waals surface area contributed by atoms with Crippen LogP contribution in [0.4, 0.5) is 15.3 Å². The molecule has 0 spiro atoms. The van der Waals surface area contributed by atoms with Crippen molar-refractivity contribution in [3.05, 3.63) is 82.7 Å². The summed E-state index contributed by atoms with van der Waals surface area (Å²) in [5, 5.41) is 6.09. The van der Waals surface area contributed by atoms with E-state index in [0.29, 0.717) is 43.6 Å². The molecule has 8 nitrogen and oxygen atoms in total. The summed E-state index contributed by atoms with van der Waals surface area (Å²) >= 11 is 0. The molecule has 0 atom stereocenters. The van der Waals surface area contributed by atoms with E-state index in [1.54, 1.807) is 0 Å². The first-order valence-electron chi connectivity index (χ1n) is 15.3. The van der Waals surface area contributed by atoms with E-state index < -0.39 is 11.6 Å². The van der Waals surface area contributed by atoms with Crippen molar-refractivity contribution in [2.24, 2.45) is 11.7 Å². The van der Waals surface area contributed by atoms with Gasteiger partial charge in [0.25, 0.3) is 0 Å². The Bertz CT molecular complexity index is 1390. The van der Waals surface area contributed by atoms with Crippen molar-refractivity contribution in [2.75, 3.05) is 18.4 Å². The SMILES string of the molecule is Cc1nc(CC(C)C)c(COC(=O)NC(C)(C)C)c(-c2ccc(CN)cc2)c1NC(=O)N1CCC(c2ccccc2)CC1. The van der Waals surface area contributed by atoms with E-state index in [-0.39, 0.29) is 12.6 Å². The minimum absolute atomic E-state index is 0.0244. The summed E-state index contributed by atoms with van der Waals surface area (Å²) in [5.74, 6) is 0.774. The fourth-order valence-corrected chi connectivity index (χ4v) is 5.60. The van der Waals surface area contributed by atoms with Crippen LogP contribution < -0.4 is 16.4 Å². The van der Waals surface area contributed by atoms with Crippen molar-refractivity contribution in [1.82, 2.24) is 15.2 Å². The molecule has 0 radical (unpaired) electrons. The van der Waals surface area contributed by atoms with Crippen LogP contribution in [0.25, 0.3) is 11.1 Å². The second kappa shape index (κ2) is 14.0. The number of nitrogens with two attached hydrogens (primary N) is 1. The Morgan fingerprint density at radius 2 is 1.70 bits per heavy atom. The molecule has 1 aromatic heterocycles. The number of carbonyl (C=O) groups excluding carboxylic acids is 2. The van der Waals surface area contributed by atoms with Crippen molar-refractivity contribution in [3.63, 3.8) is 0 Å². The van der Waals surface area contributed by atoms with Crippen LogP contribution >= 0.6 is 0 Å². The normalized spacial score (nSPS) is 14.1. The lowest BCUT2D eigenvalue weighted by Gasteiger charge is -2.33. The molecular formula is C35H47N5O3. The van der Waals surface area contributed by atoms with E-state index in [0.717, 1.165) is 46.5 Å². The second-order valence-corrected chi connectivity index (χ2v) is 12.9. The van der Waals surface area contributed by atoms with E-state index in [9.17, 15) is 9.59 Å². The quantitative estimate of drug-likeness (QED) is 0.260. The zero-order valence-electron chi connectivity index (χ0n) is 26.5. The fourth-order valence-electron chi connectivity index (χ4n) is 5.60. The third-order valence-electron chi connectivity index (χ3n) is 7.75. The molecule has 0 unspecified atom stereocenters. The number of likely N-dealkylation sites (tertiary alicyclic amines) is 1. The highest BCUT2D eigenvalue weighted by Crippen LogP contribution is 2.37. The van der Waals surface area contributed by atoms with Crippen LogP contribution in [0.3, 0.4) is 0 Å². The zero-order chi connectivity index (χ0) is 31.1. The molecule has 0 saturated carbocycles. The van der Waals surface area contributed by atoms with Gasteiger partial charge < -0.3 is 26.0 Å². The minimum Gasteiger partial charge on any atom is -0.445 e. The Morgan fingerprint density at radius 3 is 2.28 bits per heavy atom. The Labute approximate surface area is 256 Å². The second-order valence-electron chi connectivity index (χ2n) is 12.9. The number of ether oxygens (including phenoxy) is 1. The molecule has 0 bridgehead atoms. The van der Waals surface area contributed by atoms with Crippen LogP contribution in [0.5, 0.6) is 0 Å². The highest BCUT2D eigenvalue weighted by molar-refractivity contribution is 5.96. The molecule has 4 N–H and O–H groups in total. The number of aryl methyl sites for hydroxylation is 1. The average molecular weight is 586 g/mol. The van der Waals surface area contributed by atoms with E-state index in [2.05, 4.69) is 48.7 Å². The number of hydrogen-bond acceptors (Lipinski definition) is 5. The van der Waals surface area contributed by atoms with Gasteiger partial charge in [-0.3, -0.25) is 4.98 Å². The first-order chi connectivity index (χ1) is 20.4. The number of piperidine rings is 1. The van der Waals surface area contributed by atoms with E-state index in [4.69, 9.17) is 15.5 Å². The van der Waals surface area contributed by atoms with Gasteiger partial charge in [-0.1, -0.05) is 68.4 Å². The molecule has 3 amide bonds. The average Bonchev–Trinajstić information content (AvgIpc) is 2.97. The summed E-state index contributed by atoms with van der Waals surface area (Å²) in [6.07, 6.45) is 2.03. The standard InChI is InChI=1S/C35H47N5O3/c1-23(2)20-30-29(22-43-34(42)39-35(4,5)6)31(28-14-12-25(21-36)13-15-28)32(24(3)37-30)38-33(41)40-18-16-27(17-19-40)26-10-8-7-9-11-26/h7-15,23,27H,16-22,36H2,1-6H3,(H,38,41)(H,39,42). The fraction of sp³-hybridized carbons (Fsp3) is 0.457. The molecule has 4 rings (SSSR count). The van der Waals surface area contributed by atoms with Gasteiger partial charge in [-0.2, -0.15) is 0 Å². The van der Waals surface area contributed by atoms with Gasteiger partial charge in [0.1, 0.15) is 6.61 Å². The van der Waals surface area contributed by atoms with Gasteiger partial charge in [0.2, 0.25) is 0 Å². The largest absolute Gasteiger partial charge is 0.445 e. The first kappa shape index (κ1) is 32.0. The Balaban J connectivity index is 1.68. The predicted octanol–water partition coefficient (Wildman–Crippen LogP) is 7.15. The molecule has 1 fully saturated rings. The number of urea groups is 1. The number of amides is 3. The van der Waals surface area contributed by atoms with Crippen LogP contribution in [0.2, 0.25) is 0 Å². The van der Waals surface area contributed by atoms with Gasteiger partial charge >= 0.3 is 12.1 Å². The molecule has 2 heterocycles. The number of hydrogen-bond donors (Lipinski definition) is 3. The number of anilines is 1. The van der Waals surface area contributed by atoms with E-state index in [1.165, 1.54) is 5.56 Å². The van der Waals surface area contributed by atoms with Gasteiger partial charge in [0, 0.05) is 42.0 Å². The van der Waals surface area contributed by atoms with Crippen molar-refractivity contribution >= 4 is 17.8 Å². The topological polar surface area (TPSA) is 110 Å². The Kier molecular flexibility index (Phi) is 10.5. The Morgan fingerprint density at radius 1 is 1.05 bits per heavy atom. The number of nitrogens with zero attached hydrogens (tertiary/aromatic N) is 2. The van der Waals surface area contributed by atoms with Crippen molar-refractivity contribution in [1.29, 1.82) is 0 Å². The smallest absolute Gasteiger partial charge is 0.407 e. The highest BCUT2D eigenvalue weighted by Gasteiger charge is 2.27. The summed E-state index contributed by atoms with van der Waals surface area (Å²) in [5.41, 5.74) is 12.5. The van der Waals surface area contributed by atoms with E-state index >= 15 is 0 Å². The zero-order valence-corrected chi connectivity index (χ0v) is 26.5. The van der Waals surface area contributed by atoms with Gasteiger partial charge in [0.15, 0.2) is 0 Å². The number of pyridine rings is 1. The molecule has 2 aromatic carbocycles. The molecule has 1 saturated heterocycles. The van der Waals surface area contributed by atoms with Gasteiger partial charge in [0.05, 0.1) is 11.4 Å². The summed E-state index contributed by atoms with van der Waals surface area (Å²) < 4.78 is 5.77. The lowest BCUT2D eigenvalue weighted by molar-refractivity contribution is 0.131. The van der Waals surface area contributed by atoms with Crippen molar-refractivity contribution < 1.29 is 14.3 Å². The van der Waals surface area contributed by atoms with Gasteiger partial charge in [-0.15, -0.1) is 0 Å². The molecule has 0 aliphatic carbocycles. The summed E-state index contributed by atoms with van der Waals surface area (Å²) in [7, 11) is 0. The number of aromatic nitrogens is 1. The molecular weight excluding hydrogens is 538 g/mol. The van der Waals surface area contributed by atoms with Gasteiger partial charge in [-0.05, 0) is 75.5 Å². The number of carbonyl (C=O) groups is 2.